The fourth-order valence-electron chi connectivity index (χ4n) is 1.28. The number of nitrogens with two attached hydrogens (primary N) is 1. The molecule has 0 aliphatic rings. The molecule has 1 atom stereocenters. The largest absolute Gasteiger partial charge is 0.324 e. The first-order valence-corrected chi connectivity index (χ1v) is 5.50. The minimum atomic E-state index is 0.0833. The fourth-order valence-corrected chi connectivity index (χ4v) is 1.66. The Morgan fingerprint density at radius 2 is 2.36 bits per heavy atom. The second-order valence-corrected chi connectivity index (χ2v) is 4.18. The highest BCUT2D eigenvalue weighted by molar-refractivity contribution is 9.10. The predicted octanol–water partition coefficient (Wildman–Crippen LogP) is 3.20. The van der Waals surface area contributed by atoms with Crippen LogP contribution >= 0.6 is 15.9 Å². The second-order valence-electron chi connectivity index (χ2n) is 3.26. The van der Waals surface area contributed by atoms with Gasteiger partial charge >= 0.3 is 0 Å². The van der Waals surface area contributed by atoms with Crippen molar-refractivity contribution in [1.29, 1.82) is 0 Å². The van der Waals surface area contributed by atoms with E-state index in [0.29, 0.717) is 0 Å². The normalized spacial score (nSPS) is 12.4. The maximum absolute atomic E-state index is 6.01. The second kappa shape index (κ2) is 5.94. The Kier molecular flexibility index (Phi) is 4.84. The molecule has 0 aliphatic carbocycles. The first-order valence-electron chi connectivity index (χ1n) is 4.71. The van der Waals surface area contributed by atoms with E-state index in [-0.39, 0.29) is 6.04 Å². The van der Waals surface area contributed by atoms with Crippen molar-refractivity contribution in [3.8, 4) is 0 Å². The quantitative estimate of drug-likeness (QED) is 0.648. The summed E-state index contributed by atoms with van der Waals surface area (Å²) in [5.74, 6) is 0. The van der Waals surface area contributed by atoms with Crippen LogP contribution in [0.25, 0.3) is 0 Å². The lowest BCUT2D eigenvalue weighted by atomic mass is 10.0. The van der Waals surface area contributed by atoms with Crippen molar-refractivity contribution in [1.82, 2.24) is 4.98 Å². The average molecular weight is 255 g/mol. The van der Waals surface area contributed by atoms with Crippen molar-refractivity contribution in [3.63, 3.8) is 0 Å². The molecule has 0 saturated heterocycles. The van der Waals surface area contributed by atoms with E-state index >= 15 is 0 Å². The van der Waals surface area contributed by atoms with E-state index in [4.69, 9.17) is 5.73 Å². The van der Waals surface area contributed by atoms with Gasteiger partial charge < -0.3 is 5.73 Å². The molecule has 3 heteroatoms. The molecule has 1 unspecified atom stereocenters. The Morgan fingerprint density at radius 3 is 3.00 bits per heavy atom. The van der Waals surface area contributed by atoms with Gasteiger partial charge in [0.05, 0.1) is 0 Å². The zero-order valence-corrected chi connectivity index (χ0v) is 9.70. The van der Waals surface area contributed by atoms with Crippen LogP contribution in [0, 0.1) is 0 Å². The molecule has 0 radical (unpaired) electrons. The van der Waals surface area contributed by atoms with Gasteiger partial charge in [-0.05, 0) is 46.8 Å². The molecule has 76 valence electrons. The van der Waals surface area contributed by atoms with Crippen LogP contribution in [-0.2, 0) is 0 Å². The van der Waals surface area contributed by atoms with Gasteiger partial charge in [0.25, 0.3) is 0 Å². The summed E-state index contributed by atoms with van der Waals surface area (Å²) in [7, 11) is 0. The Morgan fingerprint density at radius 1 is 1.57 bits per heavy atom. The summed E-state index contributed by atoms with van der Waals surface area (Å²) in [5, 5.41) is 0. The zero-order valence-electron chi connectivity index (χ0n) is 8.12. The molecule has 2 N–H and O–H groups in total. The van der Waals surface area contributed by atoms with E-state index in [1.54, 1.807) is 6.20 Å². The van der Waals surface area contributed by atoms with Crippen LogP contribution in [-0.4, -0.2) is 4.98 Å². The molecule has 0 amide bonds. The molecule has 2 nitrogen and oxygen atoms in total. The van der Waals surface area contributed by atoms with Gasteiger partial charge in [-0.1, -0.05) is 6.08 Å². The number of aromatic nitrogens is 1. The van der Waals surface area contributed by atoms with Crippen molar-refractivity contribution in [2.45, 2.75) is 25.3 Å². The number of halogens is 1. The Balaban J connectivity index is 2.51. The highest BCUT2D eigenvalue weighted by Crippen LogP contribution is 2.19. The minimum Gasteiger partial charge on any atom is -0.324 e. The van der Waals surface area contributed by atoms with Crippen LogP contribution in [0.5, 0.6) is 0 Å². The number of hydrogen-bond acceptors (Lipinski definition) is 2. The molecule has 0 aromatic carbocycles. The van der Waals surface area contributed by atoms with Crippen LogP contribution in [0.2, 0.25) is 0 Å². The summed E-state index contributed by atoms with van der Waals surface area (Å²) in [6.45, 7) is 3.68. The van der Waals surface area contributed by atoms with Crippen LogP contribution in [0.3, 0.4) is 0 Å². The van der Waals surface area contributed by atoms with E-state index in [1.807, 2.05) is 18.3 Å². The molecule has 0 saturated carbocycles. The van der Waals surface area contributed by atoms with Crippen LogP contribution < -0.4 is 5.73 Å². The lowest BCUT2D eigenvalue weighted by Crippen LogP contribution is -2.10. The summed E-state index contributed by atoms with van der Waals surface area (Å²) >= 11 is 3.38. The number of pyridine rings is 1. The van der Waals surface area contributed by atoms with Crippen LogP contribution in [0.15, 0.2) is 35.6 Å². The predicted molar refractivity (Wildman–Crippen MR) is 62.9 cm³/mol. The van der Waals surface area contributed by atoms with E-state index in [9.17, 15) is 0 Å². The summed E-state index contributed by atoms with van der Waals surface area (Å²) in [5.41, 5.74) is 7.10. The third-order valence-electron chi connectivity index (χ3n) is 2.08. The molecular weight excluding hydrogens is 240 g/mol. The monoisotopic (exact) mass is 254 g/mol. The number of hydrogen-bond donors (Lipinski definition) is 1. The van der Waals surface area contributed by atoms with Gasteiger partial charge in [-0.15, -0.1) is 6.58 Å². The molecule has 0 aliphatic heterocycles. The highest BCUT2D eigenvalue weighted by atomic mass is 79.9. The fraction of sp³-hybridized carbons (Fsp3) is 0.364. The number of allylic oxidation sites excluding steroid dienone is 1. The first-order chi connectivity index (χ1) is 6.74. The molecule has 1 rings (SSSR count). The van der Waals surface area contributed by atoms with Gasteiger partial charge in [0.15, 0.2) is 0 Å². The Bertz CT molecular complexity index is 299. The zero-order chi connectivity index (χ0) is 10.4. The first kappa shape index (κ1) is 11.4. The SMILES string of the molecule is C=CCCCC(N)c1cncc(Br)c1. The Hall–Kier alpha value is -0.670. The van der Waals surface area contributed by atoms with Gasteiger partial charge in [-0.25, -0.2) is 0 Å². The van der Waals surface area contributed by atoms with E-state index in [0.717, 1.165) is 29.3 Å². The maximum Gasteiger partial charge on any atom is 0.0410 e. The molecular formula is C11H15BrN2. The summed E-state index contributed by atoms with van der Waals surface area (Å²) in [4.78, 5) is 4.09. The molecule has 14 heavy (non-hydrogen) atoms. The van der Waals surface area contributed by atoms with Gasteiger partial charge in [-0.3, -0.25) is 4.98 Å². The molecule has 1 heterocycles. The molecule has 1 aromatic heterocycles. The van der Waals surface area contributed by atoms with E-state index in [2.05, 4.69) is 27.5 Å². The van der Waals surface area contributed by atoms with E-state index < -0.39 is 0 Å². The van der Waals surface area contributed by atoms with Gasteiger partial charge in [-0.2, -0.15) is 0 Å². The Labute approximate surface area is 93.4 Å². The van der Waals surface area contributed by atoms with Crippen molar-refractivity contribution < 1.29 is 0 Å². The number of unbranched alkanes of at least 4 members (excludes halogenated alkanes) is 1. The average Bonchev–Trinajstić information content (AvgIpc) is 2.18. The summed E-state index contributed by atoms with van der Waals surface area (Å²) in [6, 6.07) is 2.10. The van der Waals surface area contributed by atoms with E-state index in [1.165, 1.54) is 0 Å². The molecule has 0 fully saturated rings. The maximum atomic E-state index is 6.01. The standard InChI is InChI=1S/C11H15BrN2/c1-2-3-4-5-11(13)9-6-10(12)8-14-7-9/h2,6-8,11H,1,3-5,13H2. The third-order valence-corrected chi connectivity index (χ3v) is 2.51. The number of rotatable bonds is 5. The molecule has 0 bridgehead atoms. The van der Waals surface area contributed by atoms with Crippen molar-refractivity contribution >= 4 is 15.9 Å². The topological polar surface area (TPSA) is 38.9 Å². The lowest BCUT2D eigenvalue weighted by molar-refractivity contribution is 0.615. The molecule has 1 aromatic rings. The van der Waals surface area contributed by atoms with Crippen LogP contribution in [0.4, 0.5) is 0 Å². The van der Waals surface area contributed by atoms with Gasteiger partial charge in [0.1, 0.15) is 0 Å². The van der Waals surface area contributed by atoms with Crippen molar-refractivity contribution in [2.24, 2.45) is 5.73 Å². The van der Waals surface area contributed by atoms with Gasteiger partial charge in [0, 0.05) is 22.9 Å². The van der Waals surface area contributed by atoms with Crippen molar-refractivity contribution in [2.75, 3.05) is 0 Å². The number of nitrogens with zero attached hydrogens (tertiary/aromatic N) is 1. The van der Waals surface area contributed by atoms with Crippen LogP contribution in [0.1, 0.15) is 30.9 Å². The highest BCUT2D eigenvalue weighted by Gasteiger charge is 2.05. The third kappa shape index (κ3) is 3.60. The lowest BCUT2D eigenvalue weighted by Gasteiger charge is -2.10. The van der Waals surface area contributed by atoms with Crippen molar-refractivity contribution in [3.05, 3.63) is 41.2 Å². The van der Waals surface area contributed by atoms with Gasteiger partial charge in [0.2, 0.25) is 0 Å². The minimum absolute atomic E-state index is 0.0833. The summed E-state index contributed by atoms with van der Waals surface area (Å²) in [6.07, 6.45) is 8.59. The molecule has 0 spiro atoms. The summed E-state index contributed by atoms with van der Waals surface area (Å²) < 4.78 is 0.981. The smallest absolute Gasteiger partial charge is 0.0410 e.